The molecular formula is C15H12N2O3S. The SMILES string of the molecule is COc1ccc(CSc2ccnc(C(=O)O)c2)cc1C#N. The number of rotatable bonds is 5. The van der Waals surface area contributed by atoms with Gasteiger partial charge in [0.2, 0.25) is 0 Å². The minimum absolute atomic E-state index is 0.0208. The Balaban J connectivity index is 2.11. The van der Waals surface area contributed by atoms with Gasteiger partial charge in [-0.1, -0.05) is 6.07 Å². The molecule has 0 saturated carbocycles. The van der Waals surface area contributed by atoms with Crippen molar-refractivity contribution in [3.8, 4) is 11.8 Å². The maximum atomic E-state index is 10.9. The molecule has 1 N–H and O–H groups in total. The zero-order chi connectivity index (χ0) is 15.2. The summed E-state index contributed by atoms with van der Waals surface area (Å²) in [5, 5.41) is 17.9. The van der Waals surface area contributed by atoms with Gasteiger partial charge in [0, 0.05) is 16.8 Å². The third kappa shape index (κ3) is 3.74. The Morgan fingerprint density at radius 2 is 2.24 bits per heavy atom. The second kappa shape index (κ2) is 6.77. The fraction of sp³-hybridized carbons (Fsp3) is 0.133. The molecule has 1 heterocycles. The highest BCUT2D eigenvalue weighted by Gasteiger charge is 2.07. The third-order valence-corrected chi connectivity index (χ3v) is 3.81. The molecule has 6 heteroatoms. The molecule has 0 fully saturated rings. The molecular weight excluding hydrogens is 288 g/mol. The fourth-order valence-corrected chi connectivity index (χ4v) is 2.58. The molecule has 2 rings (SSSR count). The first kappa shape index (κ1) is 14.9. The third-order valence-electron chi connectivity index (χ3n) is 2.74. The molecule has 0 aliphatic rings. The number of hydrogen-bond acceptors (Lipinski definition) is 5. The van der Waals surface area contributed by atoms with E-state index in [0.717, 1.165) is 10.5 Å². The summed E-state index contributed by atoms with van der Waals surface area (Å²) < 4.78 is 5.09. The highest BCUT2D eigenvalue weighted by molar-refractivity contribution is 7.98. The Kier molecular flexibility index (Phi) is 4.80. The number of ether oxygens (including phenoxy) is 1. The van der Waals surface area contributed by atoms with Gasteiger partial charge < -0.3 is 9.84 Å². The van der Waals surface area contributed by atoms with E-state index in [0.29, 0.717) is 17.1 Å². The lowest BCUT2D eigenvalue weighted by molar-refractivity contribution is 0.0690. The lowest BCUT2D eigenvalue weighted by atomic mass is 10.1. The number of hydrogen-bond donors (Lipinski definition) is 1. The Hall–Kier alpha value is -2.52. The van der Waals surface area contributed by atoms with Crippen molar-refractivity contribution < 1.29 is 14.6 Å². The van der Waals surface area contributed by atoms with Crippen LogP contribution in [0.3, 0.4) is 0 Å². The van der Waals surface area contributed by atoms with Gasteiger partial charge in [-0.2, -0.15) is 5.26 Å². The van der Waals surface area contributed by atoms with Gasteiger partial charge in [0.1, 0.15) is 17.5 Å². The van der Waals surface area contributed by atoms with E-state index in [1.54, 1.807) is 18.2 Å². The molecule has 0 aliphatic carbocycles. The predicted molar refractivity (Wildman–Crippen MR) is 78.5 cm³/mol. The van der Waals surface area contributed by atoms with E-state index in [-0.39, 0.29) is 5.69 Å². The largest absolute Gasteiger partial charge is 0.495 e. The number of nitriles is 1. The predicted octanol–water partition coefficient (Wildman–Crippen LogP) is 2.95. The van der Waals surface area contributed by atoms with Crippen LogP contribution >= 0.6 is 11.8 Å². The first-order valence-electron chi connectivity index (χ1n) is 6.03. The van der Waals surface area contributed by atoms with Crippen LogP contribution in [0.15, 0.2) is 41.4 Å². The highest BCUT2D eigenvalue weighted by atomic mass is 32.2. The molecule has 5 nitrogen and oxygen atoms in total. The summed E-state index contributed by atoms with van der Waals surface area (Å²) in [4.78, 5) is 15.4. The maximum absolute atomic E-state index is 10.9. The van der Waals surface area contributed by atoms with Crippen LogP contribution < -0.4 is 4.74 Å². The lowest BCUT2D eigenvalue weighted by Gasteiger charge is -2.06. The number of methoxy groups -OCH3 is 1. The number of carboxylic acids is 1. The number of thioether (sulfide) groups is 1. The smallest absolute Gasteiger partial charge is 0.354 e. The summed E-state index contributed by atoms with van der Waals surface area (Å²) >= 11 is 1.48. The van der Waals surface area contributed by atoms with Crippen LogP contribution in [0.4, 0.5) is 0 Å². The van der Waals surface area contributed by atoms with Crippen molar-refractivity contribution >= 4 is 17.7 Å². The van der Waals surface area contributed by atoms with E-state index >= 15 is 0 Å². The minimum Gasteiger partial charge on any atom is -0.495 e. The van der Waals surface area contributed by atoms with Crippen molar-refractivity contribution in [3.05, 3.63) is 53.3 Å². The fourth-order valence-electron chi connectivity index (χ4n) is 1.72. The molecule has 1 aromatic carbocycles. The monoisotopic (exact) mass is 300 g/mol. The van der Waals surface area contributed by atoms with Gasteiger partial charge in [0.05, 0.1) is 12.7 Å². The molecule has 0 saturated heterocycles. The molecule has 0 radical (unpaired) electrons. The van der Waals surface area contributed by atoms with E-state index in [9.17, 15) is 4.79 Å². The molecule has 0 spiro atoms. The number of carboxylic acid groups (broad SMARTS) is 1. The number of aromatic carboxylic acids is 1. The molecule has 0 bridgehead atoms. The molecule has 106 valence electrons. The molecule has 1 aromatic heterocycles. The number of aromatic nitrogens is 1. The van der Waals surface area contributed by atoms with Crippen molar-refractivity contribution in [2.45, 2.75) is 10.6 Å². The summed E-state index contributed by atoms with van der Waals surface area (Å²) in [5.41, 5.74) is 1.47. The zero-order valence-corrected chi connectivity index (χ0v) is 12.1. The molecule has 2 aromatic rings. The normalized spacial score (nSPS) is 9.90. The number of pyridine rings is 1. The quantitative estimate of drug-likeness (QED) is 0.855. The summed E-state index contributed by atoms with van der Waals surface area (Å²) in [6.07, 6.45) is 1.47. The highest BCUT2D eigenvalue weighted by Crippen LogP contribution is 2.26. The van der Waals surface area contributed by atoms with E-state index in [4.69, 9.17) is 15.1 Å². The van der Waals surface area contributed by atoms with Crippen molar-refractivity contribution in [2.24, 2.45) is 0 Å². The van der Waals surface area contributed by atoms with E-state index in [1.165, 1.54) is 31.1 Å². The number of carbonyl (C=O) groups is 1. The average molecular weight is 300 g/mol. The summed E-state index contributed by atoms with van der Waals surface area (Å²) in [6, 6.07) is 10.8. The summed E-state index contributed by atoms with van der Waals surface area (Å²) in [6.45, 7) is 0. The number of benzene rings is 1. The Morgan fingerprint density at radius 3 is 2.90 bits per heavy atom. The Morgan fingerprint density at radius 1 is 1.43 bits per heavy atom. The maximum Gasteiger partial charge on any atom is 0.354 e. The van der Waals surface area contributed by atoms with Crippen LogP contribution in [0.1, 0.15) is 21.6 Å². The lowest BCUT2D eigenvalue weighted by Crippen LogP contribution is -1.99. The molecule has 0 atom stereocenters. The Labute approximate surface area is 126 Å². The topological polar surface area (TPSA) is 83.2 Å². The summed E-state index contributed by atoms with van der Waals surface area (Å²) in [7, 11) is 1.52. The minimum atomic E-state index is -1.05. The van der Waals surface area contributed by atoms with Gasteiger partial charge in [0.25, 0.3) is 0 Å². The molecule has 0 amide bonds. The summed E-state index contributed by atoms with van der Waals surface area (Å²) in [5.74, 6) is 0.124. The average Bonchev–Trinajstić information content (AvgIpc) is 2.52. The van der Waals surface area contributed by atoms with Crippen molar-refractivity contribution in [1.29, 1.82) is 5.26 Å². The standard InChI is InChI=1S/C15H12N2O3S/c1-20-14-3-2-10(6-11(14)8-16)9-21-12-4-5-17-13(7-12)15(18)19/h2-7H,9H2,1H3,(H,18,19). The van der Waals surface area contributed by atoms with Crippen LogP contribution in [0.5, 0.6) is 5.75 Å². The van der Waals surface area contributed by atoms with Crippen LogP contribution in [-0.2, 0) is 5.75 Å². The van der Waals surface area contributed by atoms with Crippen molar-refractivity contribution in [3.63, 3.8) is 0 Å². The Bertz CT molecular complexity index is 710. The van der Waals surface area contributed by atoms with E-state index < -0.39 is 5.97 Å². The van der Waals surface area contributed by atoms with Crippen LogP contribution in [-0.4, -0.2) is 23.2 Å². The van der Waals surface area contributed by atoms with Gasteiger partial charge in [0.15, 0.2) is 0 Å². The van der Waals surface area contributed by atoms with Crippen LogP contribution in [0, 0.1) is 11.3 Å². The van der Waals surface area contributed by atoms with Gasteiger partial charge in [-0.25, -0.2) is 9.78 Å². The molecule has 0 aliphatic heterocycles. The van der Waals surface area contributed by atoms with E-state index in [1.807, 2.05) is 6.07 Å². The van der Waals surface area contributed by atoms with Gasteiger partial charge in [-0.05, 0) is 29.8 Å². The first-order valence-corrected chi connectivity index (χ1v) is 7.01. The zero-order valence-electron chi connectivity index (χ0n) is 11.2. The molecule has 0 unspecified atom stereocenters. The van der Waals surface area contributed by atoms with Gasteiger partial charge >= 0.3 is 5.97 Å². The van der Waals surface area contributed by atoms with Crippen LogP contribution in [0.25, 0.3) is 0 Å². The second-order valence-electron chi connectivity index (χ2n) is 4.12. The second-order valence-corrected chi connectivity index (χ2v) is 5.17. The molecule has 21 heavy (non-hydrogen) atoms. The van der Waals surface area contributed by atoms with Crippen molar-refractivity contribution in [1.82, 2.24) is 4.98 Å². The van der Waals surface area contributed by atoms with Gasteiger partial charge in [-0.3, -0.25) is 0 Å². The number of nitrogens with zero attached hydrogens (tertiary/aromatic N) is 2. The first-order chi connectivity index (χ1) is 10.1. The van der Waals surface area contributed by atoms with Crippen LogP contribution in [0.2, 0.25) is 0 Å². The van der Waals surface area contributed by atoms with Crippen molar-refractivity contribution in [2.75, 3.05) is 7.11 Å². The van der Waals surface area contributed by atoms with Gasteiger partial charge in [-0.15, -0.1) is 11.8 Å². The van der Waals surface area contributed by atoms with E-state index in [2.05, 4.69) is 11.1 Å².